The Labute approximate surface area is 161 Å². The number of ether oxygens (including phenoxy) is 1. The molecule has 1 saturated heterocycles. The second-order valence-electron chi connectivity index (χ2n) is 9.41. The summed E-state index contributed by atoms with van der Waals surface area (Å²) in [7, 11) is 0. The molecule has 0 N–H and O–H groups in total. The fourth-order valence-corrected chi connectivity index (χ4v) is 5.66. The number of carbonyl (C=O) groups excluding carboxylic acids is 1. The molecule has 146 valence electrons. The van der Waals surface area contributed by atoms with Crippen molar-refractivity contribution in [3.05, 3.63) is 29.7 Å². The Bertz CT molecular complexity index is 885. The number of likely N-dealkylation sites (tertiary alicyclic amines) is 1. The van der Waals surface area contributed by atoms with Crippen LogP contribution in [0.3, 0.4) is 0 Å². The van der Waals surface area contributed by atoms with E-state index < -0.39 is 0 Å². The number of hydrogen-bond acceptors (Lipinski definition) is 3. The van der Waals surface area contributed by atoms with E-state index in [1.807, 2.05) is 29.7 Å². The number of carbonyl (C=O) groups is 1. The smallest absolute Gasteiger partial charge is 0.273 e. The van der Waals surface area contributed by atoms with Crippen molar-refractivity contribution in [2.45, 2.75) is 66.3 Å². The van der Waals surface area contributed by atoms with E-state index in [-0.39, 0.29) is 11.3 Å². The molecule has 0 aromatic carbocycles. The molecule has 2 bridgehead atoms. The van der Waals surface area contributed by atoms with E-state index in [0.29, 0.717) is 23.8 Å². The topological polar surface area (TPSA) is 46.8 Å². The van der Waals surface area contributed by atoms with Crippen molar-refractivity contribution in [2.24, 2.45) is 10.8 Å². The van der Waals surface area contributed by atoms with Crippen LogP contribution < -0.4 is 4.74 Å². The molecule has 0 radical (unpaired) electrons. The van der Waals surface area contributed by atoms with Gasteiger partial charge in [0.2, 0.25) is 0 Å². The molecule has 5 heteroatoms. The van der Waals surface area contributed by atoms with Gasteiger partial charge in [0.25, 0.3) is 5.91 Å². The second-order valence-corrected chi connectivity index (χ2v) is 9.41. The molecular formula is C22H31N3O2. The molecule has 1 aliphatic heterocycles. The number of fused-ring (bicyclic) bond motifs is 3. The first-order valence-corrected chi connectivity index (χ1v) is 10.2. The molecule has 2 unspecified atom stereocenters. The first kappa shape index (κ1) is 18.3. The Morgan fingerprint density at radius 2 is 2.07 bits per heavy atom. The maximum atomic E-state index is 13.7. The SMILES string of the molecule is CCOc1cccn2c(C(=O)N3CC4(C)CC3CC(C)(C)C4)c(CC)nc12. The maximum absolute atomic E-state index is 13.7. The minimum Gasteiger partial charge on any atom is -0.490 e. The molecule has 2 aromatic rings. The number of hydrogen-bond donors (Lipinski definition) is 0. The zero-order chi connectivity index (χ0) is 19.4. The first-order valence-electron chi connectivity index (χ1n) is 10.2. The zero-order valence-corrected chi connectivity index (χ0v) is 17.2. The zero-order valence-electron chi connectivity index (χ0n) is 17.2. The number of pyridine rings is 1. The Morgan fingerprint density at radius 3 is 2.78 bits per heavy atom. The minimum absolute atomic E-state index is 0.124. The van der Waals surface area contributed by atoms with Crippen molar-refractivity contribution < 1.29 is 9.53 Å². The quantitative estimate of drug-likeness (QED) is 0.805. The molecule has 2 aliphatic rings. The fourth-order valence-electron chi connectivity index (χ4n) is 5.66. The average molecular weight is 370 g/mol. The summed E-state index contributed by atoms with van der Waals surface area (Å²) in [5.74, 6) is 0.862. The van der Waals surface area contributed by atoms with Crippen LogP contribution in [0.4, 0.5) is 0 Å². The van der Waals surface area contributed by atoms with E-state index >= 15 is 0 Å². The highest BCUT2D eigenvalue weighted by Crippen LogP contribution is 2.52. The van der Waals surface area contributed by atoms with Gasteiger partial charge in [-0.2, -0.15) is 0 Å². The minimum atomic E-state index is 0.124. The normalized spacial score (nSPS) is 26.6. The van der Waals surface area contributed by atoms with Gasteiger partial charge in [-0.05, 0) is 55.6 Å². The number of rotatable bonds is 4. The van der Waals surface area contributed by atoms with Crippen LogP contribution in [0.2, 0.25) is 0 Å². The van der Waals surface area contributed by atoms with Crippen molar-refractivity contribution in [2.75, 3.05) is 13.2 Å². The Balaban J connectivity index is 1.76. The maximum Gasteiger partial charge on any atom is 0.273 e. The molecule has 1 aliphatic carbocycles. The van der Waals surface area contributed by atoms with E-state index in [2.05, 4.69) is 32.6 Å². The predicted molar refractivity (Wildman–Crippen MR) is 106 cm³/mol. The summed E-state index contributed by atoms with van der Waals surface area (Å²) >= 11 is 0. The fraction of sp³-hybridized carbons (Fsp3) is 0.636. The van der Waals surface area contributed by atoms with Crippen LogP contribution in [0.15, 0.2) is 18.3 Å². The molecule has 3 heterocycles. The molecule has 2 atom stereocenters. The number of nitrogens with zero attached hydrogens (tertiary/aromatic N) is 3. The molecule has 4 rings (SSSR count). The Morgan fingerprint density at radius 1 is 1.30 bits per heavy atom. The van der Waals surface area contributed by atoms with E-state index in [1.54, 1.807) is 0 Å². The molecular weight excluding hydrogens is 338 g/mol. The van der Waals surface area contributed by atoms with Gasteiger partial charge in [-0.1, -0.05) is 27.7 Å². The Kier molecular flexibility index (Phi) is 4.24. The summed E-state index contributed by atoms with van der Waals surface area (Å²) in [6, 6.07) is 4.19. The van der Waals surface area contributed by atoms with E-state index in [1.165, 1.54) is 6.42 Å². The van der Waals surface area contributed by atoms with Gasteiger partial charge in [-0.25, -0.2) is 4.98 Å². The predicted octanol–water partition coefficient (Wildman–Crippen LogP) is 4.34. The van der Waals surface area contributed by atoms with Crippen LogP contribution in [0.5, 0.6) is 5.75 Å². The molecule has 2 fully saturated rings. The number of aryl methyl sites for hydroxylation is 1. The van der Waals surface area contributed by atoms with Gasteiger partial charge >= 0.3 is 0 Å². The first-order chi connectivity index (χ1) is 12.8. The Hall–Kier alpha value is -2.04. The van der Waals surface area contributed by atoms with Gasteiger partial charge in [-0.15, -0.1) is 0 Å². The van der Waals surface area contributed by atoms with Crippen molar-refractivity contribution in [3.8, 4) is 5.75 Å². The summed E-state index contributed by atoms with van der Waals surface area (Å²) in [5, 5.41) is 0. The lowest BCUT2D eigenvalue weighted by Gasteiger charge is -2.39. The van der Waals surface area contributed by atoms with Crippen LogP contribution >= 0.6 is 0 Å². The summed E-state index contributed by atoms with van der Waals surface area (Å²) in [5.41, 5.74) is 2.84. The monoisotopic (exact) mass is 369 g/mol. The lowest BCUT2D eigenvalue weighted by molar-refractivity contribution is 0.0700. The van der Waals surface area contributed by atoms with Crippen molar-refractivity contribution >= 4 is 11.6 Å². The number of amides is 1. The molecule has 1 saturated carbocycles. The van der Waals surface area contributed by atoms with Gasteiger partial charge in [0, 0.05) is 18.8 Å². The van der Waals surface area contributed by atoms with Crippen LogP contribution in [0.1, 0.15) is 70.1 Å². The highest BCUT2D eigenvalue weighted by molar-refractivity contribution is 5.95. The third kappa shape index (κ3) is 3.01. The van der Waals surface area contributed by atoms with Crippen molar-refractivity contribution in [1.29, 1.82) is 0 Å². The summed E-state index contributed by atoms with van der Waals surface area (Å²) in [6.07, 6.45) is 6.05. The lowest BCUT2D eigenvalue weighted by Crippen LogP contribution is -2.38. The molecule has 2 aromatic heterocycles. The van der Waals surface area contributed by atoms with Crippen LogP contribution in [-0.4, -0.2) is 39.4 Å². The molecule has 5 nitrogen and oxygen atoms in total. The van der Waals surface area contributed by atoms with Gasteiger partial charge in [0.15, 0.2) is 11.4 Å². The molecule has 1 amide bonds. The average Bonchev–Trinajstić information content (AvgIpc) is 3.08. The van der Waals surface area contributed by atoms with Crippen molar-refractivity contribution in [1.82, 2.24) is 14.3 Å². The standard InChI is InChI=1S/C22H31N3O2/c1-6-16-18(24-10-8-9-17(27-7-2)19(24)23-16)20(26)25-14-22(5)12-15(25)11-21(3,4)13-22/h8-10,15H,6-7,11-14H2,1-5H3. The van der Waals surface area contributed by atoms with E-state index in [0.717, 1.165) is 42.9 Å². The van der Waals surface area contributed by atoms with Gasteiger partial charge in [-0.3, -0.25) is 9.20 Å². The van der Waals surface area contributed by atoms with Gasteiger partial charge in [0.1, 0.15) is 5.69 Å². The van der Waals surface area contributed by atoms with Crippen LogP contribution in [0.25, 0.3) is 5.65 Å². The van der Waals surface area contributed by atoms with Crippen LogP contribution in [-0.2, 0) is 6.42 Å². The second kappa shape index (κ2) is 6.25. The molecule has 27 heavy (non-hydrogen) atoms. The number of aromatic nitrogens is 2. The lowest BCUT2D eigenvalue weighted by atomic mass is 9.65. The highest BCUT2D eigenvalue weighted by atomic mass is 16.5. The largest absolute Gasteiger partial charge is 0.490 e. The molecule has 0 spiro atoms. The summed E-state index contributed by atoms with van der Waals surface area (Å²) in [4.78, 5) is 20.6. The van der Waals surface area contributed by atoms with E-state index in [4.69, 9.17) is 9.72 Å². The van der Waals surface area contributed by atoms with Crippen molar-refractivity contribution in [3.63, 3.8) is 0 Å². The van der Waals surface area contributed by atoms with Gasteiger partial charge < -0.3 is 9.64 Å². The van der Waals surface area contributed by atoms with Crippen LogP contribution in [0, 0.1) is 10.8 Å². The summed E-state index contributed by atoms with van der Waals surface area (Å²) < 4.78 is 7.67. The third-order valence-electron chi connectivity index (χ3n) is 6.20. The van der Waals surface area contributed by atoms with E-state index in [9.17, 15) is 4.79 Å². The van der Waals surface area contributed by atoms with Gasteiger partial charge in [0.05, 0.1) is 12.3 Å². The number of imidazole rings is 1. The highest BCUT2D eigenvalue weighted by Gasteiger charge is 2.51. The summed E-state index contributed by atoms with van der Waals surface area (Å²) in [6.45, 7) is 12.5. The third-order valence-corrected chi connectivity index (χ3v) is 6.20.